The summed E-state index contributed by atoms with van der Waals surface area (Å²) in [6.45, 7) is 11.3. The first-order valence-corrected chi connectivity index (χ1v) is 18.4. The van der Waals surface area contributed by atoms with E-state index in [0.29, 0.717) is 31.2 Å². The lowest BCUT2D eigenvalue weighted by molar-refractivity contribution is -0.161. The predicted octanol–water partition coefficient (Wildman–Crippen LogP) is 5.17. The number of nitrogens with one attached hydrogen (secondary N) is 1. The number of aliphatic hydroxyl groups is 1. The van der Waals surface area contributed by atoms with Gasteiger partial charge in [0, 0.05) is 18.7 Å². The van der Waals surface area contributed by atoms with Crippen molar-refractivity contribution in [3.8, 4) is 0 Å². The number of carbonyl (C=O) groups excluding carboxylic acids is 4. The number of likely N-dealkylation sites (tertiary alicyclic amines) is 1. The summed E-state index contributed by atoms with van der Waals surface area (Å²) in [5, 5.41) is 13.8. The van der Waals surface area contributed by atoms with Crippen molar-refractivity contribution < 1.29 is 33.8 Å². The van der Waals surface area contributed by atoms with Crippen LogP contribution in [0.5, 0.6) is 0 Å². The molecule has 3 saturated heterocycles. The molecular weight excluding hydrogens is 670 g/mol. The Morgan fingerprint density at radius 1 is 1.02 bits per heavy atom. The van der Waals surface area contributed by atoms with Gasteiger partial charge in [0.15, 0.2) is 0 Å². The molecule has 3 fully saturated rings. The number of aryl methyl sites for hydroxylation is 2. The first-order chi connectivity index (χ1) is 25.6. The highest BCUT2D eigenvalue weighted by atomic mass is 16.6. The number of amides is 3. The SMILES string of the molecule is C=CCCC(=O)NC[C@H](OC(=O)[C@@H]1[C@@H]2CC[C@]3(O2)[C@H](C(=O)N(CC=C)c2c(C)cccc2C)N([C@@H](CO)Cc2ccccc2)C(=O)[C@@H]13)c1ccccc1. The summed E-state index contributed by atoms with van der Waals surface area (Å²) in [6.07, 6.45) is 3.72. The minimum absolute atomic E-state index is 0.0386. The summed E-state index contributed by atoms with van der Waals surface area (Å²) in [4.78, 5) is 60.3. The Kier molecular flexibility index (Phi) is 11.6. The molecule has 2 N–H and O–H groups in total. The molecule has 10 nitrogen and oxygen atoms in total. The molecule has 3 heterocycles. The van der Waals surface area contributed by atoms with Crippen LogP contribution >= 0.6 is 0 Å². The number of fused-ring (bicyclic) bond motifs is 1. The molecule has 3 amide bonds. The molecule has 3 aromatic carbocycles. The zero-order valence-corrected chi connectivity index (χ0v) is 30.5. The predicted molar refractivity (Wildman–Crippen MR) is 202 cm³/mol. The van der Waals surface area contributed by atoms with E-state index in [4.69, 9.17) is 9.47 Å². The molecule has 3 aliphatic rings. The van der Waals surface area contributed by atoms with Crippen LogP contribution in [0.3, 0.4) is 0 Å². The summed E-state index contributed by atoms with van der Waals surface area (Å²) in [5.41, 5.74) is 2.74. The fourth-order valence-electron chi connectivity index (χ4n) is 8.61. The lowest BCUT2D eigenvalue weighted by Crippen LogP contribution is -2.59. The van der Waals surface area contributed by atoms with Gasteiger partial charge >= 0.3 is 5.97 Å². The highest BCUT2D eigenvalue weighted by Crippen LogP contribution is 2.59. The minimum atomic E-state index is -1.33. The Balaban J connectivity index is 1.38. The second kappa shape index (κ2) is 16.3. The third-order valence-corrected chi connectivity index (χ3v) is 10.9. The second-order valence-corrected chi connectivity index (χ2v) is 14.3. The van der Waals surface area contributed by atoms with Crippen LogP contribution in [0.1, 0.15) is 54.0 Å². The molecule has 278 valence electrons. The number of hydrogen-bond donors (Lipinski definition) is 2. The van der Waals surface area contributed by atoms with Gasteiger partial charge in [0.1, 0.15) is 17.7 Å². The van der Waals surface area contributed by atoms with Gasteiger partial charge in [-0.2, -0.15) is 0 Å². The largest absolute Gasteiger partial charge is 0.455 e. The quantitative estimate of drug-likeness (QED) is 0.155. The van der Waals surface area contributed by atoms with Crippen LogP contribution in [-0.4, -0.2) is 77.2 Å². The van der Waals surface area contributed by atoms with Gasteiger partial charge in [-0.3, -0.25) is 19.2 Å². The van der Waals surface area contributed by atoms with Gasteiger partial charge in [0.2, 0.25) is 11.8 Å². The van der Waals surface area contributed by atoms with E-state index in [2.05, 4.69) is 18.5 Å². The molecule has 10 heteroatoms. The highest BCUT2D eigenvalue weighted by Gasteiger charge is 2.75. The second-order valence-electron chi connectivity index (χ2n) is 14.3. The Bertz CT molecular complexity index is 1810. The number of benzene rings is 3. The maximum Gasteiger partial charge on any atom is 0.313 e. The fourth-order valence-corrected chi connectivity index (χ4v) is 8.61. The maximum absolute atomic E-state index is 15.2. The smallest absolute Gasteiger partial charge is 0.313 e. The fraction of sp³-hybridized carbons (Fsp3) is 0.395. The Labute approximate surface area is 311 Å². The summed E-state index contributed by atoms with van der Waals surface area (Å²) in [6, 6.07) is 22.6. The van der Waals surface area contributed by atoms with E-state index in [1.165, 1.54) is 4.90 Å². The number of ether oxygens (including phenoxy) is 2. The van der Waals surface area contributed by atoms with Crippen LogP contribution in [0, 0.1) is 25.7 Å². The van der Waals surface area contributed by atoms with Gasteiger partial charge in [-0.1, -0.05) is 91.0 Å². The molecule has 1 spiro atoms. The van der Waals surface area contributed by atoms with Crippen LogP contribution in [0.25, 0.3) is 0 Å². The molecule has 7 atom stereocenters. The van der Waals surface area contributed by atoms with E-state index in [-0.39, 0.29) is 31.3 Å². The van der Waals surface area contributed by atoms with E-state index in [1.807, 2.05) is 92.7 Å². The topological polar surface area (TPSA) is 125 Å². The van der Waals surface area contributed by atoms with E-state index in [9.17, 15) is 19.5 Å². The van der Waals surface area contributed by atoms with Gasteiger partial charge in [-0.05, 0) is 61.8 Å². The molecule has 53 heavy (non-hydrogen) atoms. The van der Waals surface area contributed by atoms with Crippen molar-refractivity contribution in [1.82, 2.24) is 10.2 Å². The first-order valence-electron chi connectivity index (χ1n) is 18.4. The number of para-hydroxylation sites is 1. The zero-order valence-electron chi connectivity index (χ0n) is 30.5. The average Bonchev–Trinajstić information content (AvgIpc) is 3.82. The number of anilines is 1. The van der Waals surface area contributed by atoms with Crippen molar-refractivity contribution in [2.45, 2.75) is 75.8 Å². The van der Waals surface area contributed by atoms with E-state index < -0.39 is 60.2 Å². The summed E-state index contributed by atoms with van der Waals surface area (Å²) < 4.78 is 13.0. The normalized spacial score (nSPS) is 23.9. The van der Waals surface area contributed by atoms with Gasteiger partial charge in [0.05, 0.1) is 37.1 Å². The van der Waals surface area contributed by atoms with Crippen LogP contribution in [0.2, 0.25) is 0 Å². The number of hydrogen-bond acceptors (Lipinski definition) is 7. The van der Waals surface area contributed by atoms with Crippen molar-refractivity contribution in [2.75, 3.05) is 24.6 Å². The van der Waals surface area contributed by atoms with Crippen LogP contribution < -0.4 is 10.2 Å². The maximum atomic E-state index is 15.2. The third kappa shape index (κ3) is 7.30. The Morgan fingerprint density at radius 3 is 2.34 bits per heavy atom. The van der Waals surface area contributed by atoms with Crippen molar-refractivity contribution in [1.29, 1.82) is 0 Å². The Morgan fingerprint density at radius 2 is 1.70 bits per heavy atom. The third-order valence-electron chi connectivity index (χ3n) is 10.9. The molecule has 0 aliphatic carbocycles. The molecule has 0 radical (unpaired) electrons. The molecular formula is C43H49N3O7. The van der Waals surface area contributed by atoms with Crippen molar-refractivity contribution in [2.24, 2.45) is 11.8 Å². The lowest BCUT2D eigenvalue weighted by atomic mass is 9.70. The lowest BCUT2D eigenvalue weighted by Gasteiger charge is -2.40. The number of allylic oxidation sites excluding steroid dienone is 1. The molecule has 6 rings (SSSR count). The standard InChI is InChI=1S/C43H49N3O7/c1-5-7-21-35(48)44-26-34(31-19-12-9-13-20-31)52-42(51)36-33-22-23-43(53-33)37(36)40(49)46(32(27-47)25-30-17-10-8-11-18-30)39(43)41(50)45(24-6-2)38-28(3)15-14-16-29(38)4/h5-6,8-20,32-34,36-37,39,47H,1-2,7,21-27H2,3-4H3,(H,44,48)/t32-,33+,34+,36-,37-,39+,43-/m1/s1. The molecule has 0 unspecified atom stereocenters. The Hall–Kier alpha value is -5.06. The number of carbonyl (C=O) groups is 4. The van der Waals surface area contributed by atoms with E-state index in [1.54, 1.807) is 17.1 Å². The number of nitrogens with zero attached hydrogens (tertiary/aromatic N) is 2. The van der Waals surface area contributed by atoms with Gasteiger partial charge in [-0.25, -0.2) is 0 Å². The number of aliphatic hydroxyl groups excluding tert-OH is 1. The highest BCUT2D eigenvalue weighted by molar-refractivity contribution is 6.05. The minimum Gasteiger partial charge on any atom is -0.455 e. The van der Waals surface area contributed by atoms with Gasteiger partial charge < -0.3 is 29.7 Å². The molecule has 0 saturated carbocycles. The number of esters is 1. The average molecular weight is 720 g/mol. The van der Waals surface area contributed by atoms with Crippen molar-refractivity contribution in [3.63, 3.8) is 0 Å². The van der Waals surface area contributed by atoms with Crippen molar-refractivity contribution >= 4 is 29.4 Å². The monoisotopic (exact) mass is 719 g/mol. The zero-order chi connectivity index (χ0) is 37.7. The molecule has 3 aromatic rings. The van der Waals surface area contributed by atoms with Crippen molar-refractivity contribution in [3.05, 3.63) is 126 Å². The first kappa shape index (κ1) is 37.7. The van der Waals surface area contributed by atoms with E-state index >= 15 is 4.79 Å². The van der Waals surface area contributed by atoms with Gasteiger partial charge in [0.25, 0.3) is 5.91 Å². The molecule has 0 aromatic heterocycles. The summed E-state index contributed by atoms with van der Waals surface area (Å²) in [5.74, 6) is -3.62. The van der Waals surface area contributed by atoms with E-state index in [0.717, 1.165) is 22.4 Å². The molecule has 3 aliphatic heterocycles. The van der Waals surface area contributed by atoms with Crippen LogP contribution in [-0.2, 0) is 35.1 Å². The molecule has 2 bridgehead atoms. The number of rotatable bonds is 16. The summed E-state index contributed by atoms with van der Waals surface area (Å²) >= 11 is 0. The van der Waals surface area contributed by atoms with Gasteiger partial charge in [-0.15, -0.1) is 13.2 Å². The van der Waals surface area contributed by atoms with Crippen LogP contribution in [0.15, 0.2) is 104 Å². The summed E-state index contributed by atoms with van der Waals surface area (Å²) in [7, 11) is 0. The van der Waals surface area contributed by atoms with Crippen LogP contribution in [0.4, 0.5) is 5.69 Å².